The zero-order valence-electron chi connectivity index (χ0n) is 10.0. The normalized spacial score (nSPS) is 30.2. The molecule has 0 aromatic carbocycles. The summed E-state index contributed by atoms with van der Waals surface area (Å²) in [5.41, 5.74) is -0.223. The van der Waals surface area contributed by atoms with Gasteiger partial charge in [0.1, 0.15) is 18.3 Å². The molecule has 9 nitrogen and oxygen atoms in total. The van der Waals surface area contributed by atoms with Crippen molar-refractivity contribution in [2.24, 2.45) is 0 Å². The Morgan fingerprint density at radius 3 is 2.85 bits per heavy atom. The van der Waals surface area contributed by atoms with Crippen molar-refractivity contribution >= 4 is 23.8 Å². The van der Waals surface area contributed by atoms with Gasteiger partial charge in [-0.3, -0.25) is 14.3 Å². The molecular formula is C10H12N4O5S. The first-order chi connectivity index (χ1) is 9.52. The van der Waals surface area contributed by atoms with Gasteiger partial charge in [-0.25, -0.2) is 9.97 Å². The molecule has 1 unspecified atom stereocenters. The van der Waals surface area contributed by atoms with Crippen LogP contribution < -0.4 is 5.56 Å². The smallest absolute Gasteiger partial charge is 0.279 e. The molecule has 108 valence electrons. The van der Waals surface area contributed by atoms with E-state index in [0.717, 1.165) is 0 Å². The van der Waals surface area contributed by atoms with Gasteiger partial charge in [0.2, 0.25) is 0 Å². The van der Waals surface area contributed by atoms with E-state index in [1.807, 2.05) is 0 Å². The highest BCUT2D eigenvalue weighted by Gasteiger charge is 2.44. The molecule has 1 fully saturated rings. The number of aromatic amines is 1. The van der Waals surface area contributed by atoms with E-state index in [2.05, 4.69) is 27.6 Å². The number of H-pyrrole nitrogens is 1. The number of imidazole rings is 1. The van der Waals surface area contributed by atoms with Crippen LogP contribution in [0.25, 0.3) is 11.2 Å². The van der Waals surface area contributed by atoms with Crippen molar-refractivity contribution < 1.29 is 20.1 Å². The molecule has 10 heteroatoms. The highest BCUT2D eigenvalue weighted by Crippen LogP contribution is 2.30. The van der Waals surface area contributed by atoms with Gasteiger partial charge >= 0.3 is 0 Å². The van der Waals surface area contributed by atoms with Gasteiger partial charge in [-0.15, -0.1) is 12.6 Å². The third-order valence-electron chi connectivity index (χ3n) is 3.21. The summed E-state index contributed by atoms with van der Waals surface area (Å²) in [6, 6.07) is 0. The first-order valence-corrected chi connectivity index (χ1v) is 6.26. The molecule has 4 N–H and O–H groups in total. The van der Waals surface area contributed by atoms with Gasteiger partial charge in [0, 0.05) is 0 Å². The summed E-state index contributed by atoms with van der Waals surface area (Å²) in [7, 11) is 0. The Hall–Kier alpha value is -1.46. The van der Waals surface area contributed by atoms with E-state index in [0.29, 0.717) is 0 Å². The van der Waals surface area contributed by atoms with Crippen molar-refractivity contribution in [3.05, 3.63) is 16.7 Å². The third kappa shape index (κ3) is 1.93. The molecule has 3 heterocycles. The Bertz CT molecular complexity index is 701. The van der Waals surface area contributed by atoms with Crippen LogP contribution in [-0.4, -0.2) is 59.8 Å². The minimum Gasteiger partial charge on any atom is -0.394 e. The quantitative estimate of drug-likeness (QED) is 0.320. The van der Waals surface area contributed by atoms with Gasteiger partial charge in [0.25, 0.3) is 5.56 Å². The number of fused-ring (bicyclic) bond motifs is 1. The SMILES string of the molecule is O=c1[nH]c(S)nc2c1ncn2[C@@H]1O[C@H](CO)[C@H](O)C1O. The molecular weight excluding hydrogens is 288 g/mol. The Morgan fingerprint density at radius 1 is 1.45 bits per heavy atom. The molecule has 4 atom stereocenters. The van der Waals surface area contributed by atoms with E-state index in [1.54, 1.807) is 0 Å². The number of ether oxygens (including phenoxy) is 1. The molecule has 3 rings (SSSR count). The van der Waals surface area contributed by atoms with Crippen molar-refractivity contribution in [1.82, 2.24) is 19.5 Å². The highest BCUT2D eigenvalue weighted by molar-refractivity contribution is 7.80. The average Bonchev–Trinajstić information content (AvgIpc) is 2.93. The lowest BCUT2D eigenvalue weighted by atomic mass is 10.1. The second-order valence-corrected chi connectivity index (χ2v) is 4.87. The molecule has 2 aromatic heterocycles. The summed E-state index contributed by atoms with van der Waals surface area (Å²) in [6.45, 7) is -0.437. The average molecular weight is 300 g/mol. The first-order valence-electron chi connectivity index (χ1n) is 5.81. The van der Waals surface area contributed by atoms with Gasteiger partial charge in [-0.05, 0) is 0 Å². The van der Waals surface area contributed by atoms with E-state index in [9.17, 15) is 15.0 Å². The maximum absolute atomic E-state index is 11.7. The lowest BCUT2D eigenvalue weighted by molar-refractivity contribution is -0.0511. The number of thiol groups is 1. The van der Waals surface area contributed by atoms with Crippen LogP contribution in [0.2, 0.25) is 0 Å². The number of hydrogen-bond donors (Lipinski definition) is 5. The maximum atomic E-state index is 11.7. The van der Waals surface area contributed by atoms with E-state index in [4.69, 9.17) is 9.84 Å². The minimum atomic E-state index is -1.27. The van der Waals surface area contributed by atoms with E-state index < -0.39 is 36.7 Å². The fourth-order valence-electron chi connectivity index (χ4n) is 2.21. The van der Waals surface area contributed by atoms with Crippen LogP contribution >= 0.6 is 12.6 Å². The summed E-state index contributed by atoms with van der Waals surface area (Å²) < 4.78 is 6.69. The zero-order chi connectivity index (χ0) is 14.4. The summed E-state index contributed by atoms with van der Waals surface area (Å²) in [4.78, 5) is 22.0. The number of aliphatic hydroxyl groups is 3. The molecule has 2 aromatic rings. The molecule has 1 aliphatic rings. The second kappa shape index (κ2) is 4.82. The Labute approximate surface area is 117 Å². The van der Waals surface area contributed by atoms with Crippen LogP contribution in [0.3, 0.4) is 0 Å². The van der Waals surface area contributed by atoms with Gasteiger partial charge < -0.3 is 20.1 Å². The topological polar surface area (TPSA) is 133 Å². The van der Waals surface area contributed by atoms with Crippen molar-refractivity contribution in [3.8, 4) is 0 Å². The predicted octanol–water partition coefficient (Wildman–Crippen LogP) is -1.98. The summed E-state index contributed by atoms with van der Waals surface area (Å²) in [5.74, 6) is 0. The van der Waals surface area contributed by atoms with E-state index >= 15 is 0 Å². The van der Waals surface area contributed by atoms with Crippen LogP contribution in [0.15, 0.2) is 16.3 Å². The van der Waals surface area contributed by atoms with E-state index in [1.165, 1.54) is 10.9 Å². The van der Waals surface area contributed by atoms with Gasteiger partial charge in [0.05, 0.1) is 12.9 Å². The molecule has 0 radical (unpaired) electrons. The molecule has 0 spiro atoms. The minimum absolute atomic E-state index is 0.0699. The third-order valence-corrected chi connectivity index (χ3v) is 3.42. The molecule has 1 saturated heterocycles. The number of aliphatic hydroxyl groups excluding tert-OH is 3. The molecule has 0 amide bonds. The second-order valence-electron chi connectivity index (χ2n) is 4.44. The number of aromatic nitrogens is 4. The van der Waals surface area contributed by atoms with Gasteiger partial charge in [-0.2, -0.15) is 0 Å². The fourth-order valence-corrected chi connectivity index (χ4v) is 2.41. The summed E-state index contributed by atoms with van der Waals surface area (Å²) in [6.07, 6.45) is -3.13. The van der Waals surface area contributed by atoms with Crippen molar-refractivity contribution in [2.45, 2.75) is 29.7 Å². The molecule has 0 aliphatic carbocycles. The lowest BCUT2D eigenvalue weighted by Crippen LogP contribution is -2.33. The predicted molar refractivity (Wildman–Crippen MR) is 68.4 cm³/mol. The maximum Gasteiger partial charge on any atom is 0.279 e. The van der Waals surface area contributed by atoms with Gasteiger partial charge in [-0.1, -0.05) is 0 Å². The van der Waals surface area contributed by atoms with Crippen LogP contribution in [-0.2, 0) is 4.74 Å². The molecule has 0 bridgehead atoms. The van der Waals surface area contributed by atoms with E-state index in [-0.39, 0.29) is 16.3 Å². The first kappa shape index (κ1) is 13.5. The Balaban J connectivity index is 2.09. The van der Waals surface area contributed by atoms with Crippen molar-refractivity contribution in [3.63, 3.8) is 0 Å². The number of nitrogens with zero attached hydrogens (tertiary/aromatic N) is 3. The van der Waals surface area contributed by atoms with Crippen LogP contribution in [0.5, 0.6) is 0 Å². The van der Waals surface area contributed by atoms with Crippen molar-refractivity contribution in [2.75, 3.05) is 6.61 Å². The van der Waals surface area contributed by atoms with Crippen molar-refractivity contribution in [1.29, 1.82) is 0 Å². The van der Waals surface area contributed by atoms with Crippen LogP contribution in [0.4, 0.5) is 0 Å². The molecule has 20 heavy (non-hydrogen) atoms. The van der Waals surface area contributed by atoms with Crippen LogP contribution in [0, 0.1) is 0 Å². The van der Waals surface area contributed by atoms with Gasteiger partial charge in [0.15, 0.2) is 22.5 Å². The summed E-state index contributed by atoms with van der Waals surface area (Å²) >= 11 is 3.97. The largest absolute Gasteiger partial charge is 0.394 e. The monoisotopic (exact) mass is 300 g/mol. The molecule has 0 saturated carbocycles. The lowest BCUT2D eigenvalue weighted by Gasteiger charge is -2.16. The number of rotatable bonds is 2. The number of nitrogens with one attached hydrogen (secondary N) is 1. The fraction of sp³-hybridized carbons (Fsp3) is 0.500. The van der Waals surface area contributed by atoms with Crippen LogP contribution in [0.1, 0.15) is 6.23 Å². The Kier molecular flexibility index (Phi) is 3.26. The number of hydrogen-bond acceptors (Lipinski definition) is 8. The highest BCUT2D eigenvalue weighted by atomic mass is 32.1. The summed E-state index contributed by atoms with van der Waals surface area (Å²) in [5, 5.41) is 28.9. The Morgan fingerprint density at radius 2 is 2.20 bits per heavy atom. The standard InChI is InChI=1S/C10H12N4O5S/c15-1-3-5(16)6(17)9(19-3)14-2-11-4-7(14)12-10(20)13-8(4)18/h2-3,5-6,9,15-17H,1H2,(H2,12,13,18,20)/t3-,5+,6?,9-/m1/s1. The zero-order valence-corrected chi connectivity index (χ0v) is 10.9. The molecule has 1 aliphatic heterocycles.